The molecule has 0 radical (unpaired) electrons. The van der Waals surface area contributed by atoms with Crippen LogP contribution >= 0.6 is 0 Å². The molecule has 0 fully saturated rings. The van der Waals surface area contributed by atoms with Gasteiger partial charge in [-0.05, 0) is 0 Å². The number of hydrogen-bond acceptors (Lipinski definition) is 10. The summed E-state index contributed by atoms with van der Waals surface area (Å²) < 4.78 is 4.23. The van der Waals surface area contributed by atoms with Gasteiger partial charge in [-0.15, -0.1) is 0 Å². The molecular formula is C10H16O11. The number of carbonyl (C=O) groups excluding carboxylic acids is 2. The Bertz CT molecular complexity index is 370. The Morgan fingerprint density at radius 2 is 1.52 bits per heavy atom. The number of carboxylic acid groups (broad SMARTS) is 1. The maximum absolute atomic E-state index is 11.3. The lowest BCUT2D eigenvalue weighted by Gasteiger charge is -2.26. The fourth-order valence-electron chi connectivity index (χ4n) is 1.18. The molecule has 0 aliphatic carbocycles. The van der Waals surface area contributed by atoms with Crippen molar-refractivity contribution in [2.24, 2.45) is 0 Å². The number of ether oxygens (including phenoxy) is 1. The zero-order chi connectivity index (χ0) is 16.7. The molecule has 7 N–H and O–H groups in total. The zero-order valence-corrected chi connectivity index (χ0v) is 10.5. The summed E-state index contributed by atoms with van der Waals surface area (Å²) in [7, 11) is 0. The Labute approximate surface area is 117 Å². The van der Waals surface area contributed by atoms with Crippen molar-refractivity contribution in [2.75, 3.05) is 6.61 Å². The summed E-state index contributed by atoms with van der Waals surface area (Å²) in [5, 5.41) is 62.8. The van der Waals surface area contributed by atoms with Gasteiger partial charge in [-0.2, -0.15) is 0 Å². The zero-order valence-electron chi connectivity index (χ0n) is 10.5. The van der Waals surface area contributed by atoms with Gasteiger partial charge in [0.25, 0.3) is 0 Å². The predicted molar refractivity (Wildman–Crippen MR) is 60.7 cm³/mol. The summed E-state index contributed by atoms with van der Waals surface area (Å²) in [5.41, 5.74) is 0. The maximum Gasteiger partial charge on any atom is 0.339 e. The van der Waals surface area contributed by atoms with Gasteiger partial charge >= 0.3 is 11.9 Å². The lowest BCUT2D eigenvalue weighted by Crippen LogP contribution is -2.50. The molecule has 0 amide bonds. The van der Waals surface area contributed by atoms with Crippen LogP contribution in [-0.4, -0.2) is 97.2 Å². The minimum Gasteiger partial charge on any atom is -0.479 e. The average molecular weight is 312 g/mol. The highest BCUT2D eigenvalue weighted by Crippen LogP contribution is 2.09. The fourth-order valence-corrected chi connectivity index (χ4v) is 1.18. The third-order valence-corrected chi connectivity index (χ3v) is 2.45. The number of aliphatic hydroxyl groups excluding tert-OH is 6. The van der Waals surface area contributed by atoms with Crippen molar-refractivity contribution >= 4 is 18.2 Å². The van der Waals surface area contributed by atoms with Crippen molar-refractivity contribution in [3.05, 3.63) is 0 Å². The molecule has 122 valence electrons. The van der Waals surface area contributed by atoms with E-state index in [1.165, 1.54) is 0 Å². The second kappa shape index (κ2) is 8.61. The fraction of sp³-hybridized carbons (Fsp3) is 0.700. The first-order valence-electron chi connectivity index (χ1n) is 5.57. The SMILES string of the molecule is O=C[C@@H](OC(=O)C(O)C(O)C(=O)O)[C@@H](O)[C@H](O)[C@H](O)CO. The van der Waals surface area contributed by atoms with Crippen molar-refractivity contribution in [3.63, 3.8) is 0 Å². The van der Waals surface area contributed by atoms with E-state index in [1.54, 1.807) is 0 Å². The van der Waals surface area contributed by atoms with Crippen molar-refractivity contribution in [1.82, 2.24) is 0 Å². The number of aldehydes is 1. The van der Waals surface area contributed by atoms with Crippen LogP contribution < -0.4 is 0 Å². The molecule has 2 unspecified atom stereocenters. The summed E-state index contributed by atoms with van der Waals surface area (Å²) in [6.45, 7) is -0.960. The van der Waals surface area contributed by atoms with Crippen LogP contribution in [0.2, 0.25) is 0 Å². The van der Waals surface area contributed by atoms with E-state index >= 15 is 0 Å². The third-order valence-electron chi connectivity index (χ3n) is 2.45. The molecule has 0 saturated carbocycles. The molecule has 11 heteroatoms. The van der Waals surface area contributed by atoms with Crippen LogP contribution in [0, 0.1) is 0 Å². The first-order valence-corrected chi connectivity index (χ1v) is 5.57. The topological polar surface area (TPSA) is 202 Å². The normalized spacial score (nSPS) is 19.7. The van der Waals surface area contributed by atoms with Gasteiger partial charge in [0.1, 0.15) is 18.3 Å². The predicted octanol–water partition coefficient (Wildman–Crippen LogP) is -5.02. The number of carbonyl (C=O) groups is 3. The molecule has 0 aromatic rings. The molecule has 6 atom stereocenters. The van der Waals surface area contributed by atoms with Crippen LogP contribution in [-0.2, 0) is 19.1 Å². The number of aliphatic hydroxyl groups is 6. The van der Waals surface area contributed by atoms with Crippen LogP contribution in [0.4, 0.5) is 0 Å². The molecule has 21 heavy (non-hydrogen) atoms. The number of hydrogen-bond donors (Lipinski definition) is 7. The molecular weight excluding hydrogens is 296 g/mol. The Hall–Kier alpha value is -1.63. The van der Waals surface area contributed by atoms with Crippen LogP contribution in [0.15, 0.2) is 0 Å². The van der Waals surface area contributed by atoms with Crippen LogP contribution in [0.25, 0.3) is 0 Å². The van der Waals surface area contributed by atoms with Gasteiger partial charge in [0.2, 0.25) is 0 Å². The average Bonchev–Trinajstić information content (AvgIpc) is 2.48. The summed E-state index contributed by atoms with van der Waals surface area (Å²) in [5.74, 6) is -3.68. The molecule has 0 spiro atoms. The highest BCUT2D eigenvalue weighted by Gasteiger charge is 2.37. The van der Waals surface area contributed by atoms with E-state index in [9.17, 15) is 24.6 Å². The van der Waals surface area contributed by atoms with E-state index < -0.39 is 55.2 Å². The van der Waals surface area contributed by atoms with Crippen LogP contribution in [0.3, 0.4) is 0 Å². The number of esters is 1. The minimum absolute atomic E-state index is 0.157. The quantitative estimate of drug-likeness (QED) is 0.158. The van der Waals surface area contributed by atoms with E-state index in [2.05, 4.69) is 4.74 Å². The maximum atomic E-state index is 11.3. The van der Waals surface area contributed by atoms with E-state index in [0.717, 1.165) is 0 Å². The molecule has 0 aliphatic rings. The largest absolute Gasteiger partial charge is 0.479 e. The highest BCUT2D eigenvalue weighted by molar-refractivity contribution is 5.85. The summed E-state index contributed by atoms with van der Waals surface area (Å²) in [4.78, 5) is 32.3. The van der Waals surface area contributed by atoms with Gasteiger partial charge in [-0.25, -0.2) is 9.59 Å². The molecule has 0 aliphatic heterocycles. The molecule has 0 aromatic heterocycles. The Balaban J connectivity index is 4.80. The van der Waals surface area contributed by atoms with E-state index in [-0.39, 0.29) is 6.29 Å². The van der Waals surface area contributed by atoms with Gasteiger partial charge in [-0.3, -0.25) is 4.79 Å². The van der Waals surface area contributed by atoms with Crippen LogP contribution in [0.1, 0.15) is 0 Å². The summed E-state index contributed by atoms with van der Waals surface area (Å²) >= 11 is 0. The Morgan fingerprint density at radius 1 is 1.00 bits per heavy atom. The molecule has 0 aromatic carbocycles. The standard InChI is InChI=1S/C10H16O11/c11-1-3(13)5(14)6(15)4(2-12)21-10(20)8(17)7(16)9(18)19/h2-8,11,13-17H,1H2,(H,18,19)/t3-,4-,5-,6-,7?,8?/m1/s1. The molecule has 0 saturated heterocycles. The molecule has 0 heterocycles. The Kier molecular flexibility index (Phi) is 7.94. The first-order chi connectivity index (χ1) is 9.67. The Morgan fingerprint density at radius 3 is 1.90 bits per heavy atom. The highest BCUT2D eigenvalue weighted by atomic mass is 16.6. The van der Waals surface area contributed by atoms with Crippen molar-refractivity contribution in [2.45, 2.75) is 36.6 Å². The van der Waals surface area contributed by atoms with Gasteiger partial charge in [0, 0.05) is 0 Å². The van der Waals surface area contributed by atoms with E-state index in [0.29, 0.717) is 0 Å². The van der Waals surface area contributed by atoms with Crippen molar-refractivity contribution in [1.29, 1.82) is 0 Å². The molecule has 0 rings (SSSR count). The van der Waals surface area contributed by atoms with Gasteiger partial charge in [0.15, 0.2) is 24.6 Å². The first kappa shape index (κ1) is 19.4. The van der Waals surface area contributed by atoms with E-state index in [1.807, 2.05) is 0 Å². The van der Waals surface area contributed by atoms with Crippen molar-refractivity contribution < 1.29 is 54.9 Å². The van der Waals surface area contributed by atoms with Gasteiger partial charge < -0.3 is 40.5 Å². The lowest BCUT2D eigenvalue weighted by molar-refractivity contribution is -0.183. The second-order valence-electron chi connectivity index (χ2n) is 4.00. The number of rotatable bonds is 9. The van der Waals surface area contributed by atoms with Gasteiger partial charge in [-0.1, -0.05) is 0 Å². The third kappa shape index (κ3) is 5.34. The van der Waals surface area contributed by atoms with Crippen molar-refractivity contribution in [3.8, 4) is 0 Å². The molecule has 0 bridgehead atoms. The lowest BCUT2D eigenvalue weighted by atomic mass is 10.0. The molecule has 11 nitrogen and oxygen atoms in total. The summed E-state index contributed by atoms with van der Waals surface area (Å²) in [6.07, 6.45) is -13.3. The van der Waals surface area contributed by atoms with E-state index in [4.69, 9.17) is 25.5 Å². The second-order valence-corrected chi connectivity index (χ2v) is 4.00. The van der Waals surface area contributed by atoms with Crippen LogP contribution in [0.5, 0.6) is 0 Å². The smallest absolute Gasteiger partial charge is 0.339 e. The monoisotopic (exact) mass is 312 g/mol. The van der Waals surface area contributed by atoms with Gasteiger partial charge in [0.05, 0.1) is 6.61 Å². The number of aliphatic carboxylic acids is 1. The number of carboxylic acids is 1. The minimum atomic E-state index is -2.53. The summed E-state index contributed by atoms with van der Waals surface area (Å²) in [6, 6.07) is 0.